The Labute approximate surface area is 206 Å². The lowest BCUT2D eigenvalue weighted by Crippen LogP contribution is -2.48. The highest BCUT2D eigenvalue weighted by molar-refractivity contribution is 5.80. The third kappa shape index (κ3) is 5.50. The van der Waals surface area contributed by atoms with E-state index < -0.39 is 18.0 Å². The molecule has 2 aromatic rings. The van der Waals surface area contributed by atoms with E-state index in [9.17, 15) is 19.5 Å². The van der Waals surface area contributed by atoms with Crippen molar-refractivity contribution in [2.75, 3.05) is 13.2 Å². The van der Waals surface area contributed by atoms with Crippen molar-refractivity contribution in [3.05, 3.63) is 59.7 Å². The molecule has 1 heterocycles. The number of piperidine rings is 1. The Balaban J connectivity index is 1.34. The van der Waals surface area contributed by atoms with E-state index in [-0.39, 0.29) is 36.9 Å². The van der Waals surface area contributed by atoms with Gasteiger partial charge in [-0.1, -0.05) is 61.9 Å². The van der Waals surface area contributed by atoms with E-state index in [4.69, 9.17) is 4.74 Å². The number of carbonyl (C=O) groups excluding carboxylic acids is 2. The molecule has 2 aromatic carbocycles. The lowest BCUT2D eigenvalue weighted by molar-refractivity contribution is -0.147. The van der Waals surface area contributed by atoms with Gasteiger partial charge < -0.3 is 20.1 Å². The third-order valence-corrected chi connectivity index (χ3v) is 7.27. The molecule has 186 valence electrons. The van der Waals surface area contributed by atoms with Gasteiger partial charge >= 0.3 is 12.1 Å². The summed E-state index contributed by atoms with van der Waals surface area (Å²) in [4.78, 5) is 38.7. The number of nitrogens with one attached hydrogen (secondary N) is 1. The maximum Gasteiger partial charge on any atom is 0.407 e. The first-order valence-corrected chi connectivity index (χ1v) is 12.5. The Morgan fingerprint density at radius 2 is 1.71 bits per heavy atom. The Morgan fingerprint density at radius 3 is 2.29 bits per heavy atom. The van der Waals surface area contributed by atoms with Crippen LogP contribution in [0.5, 0.6) is 0 Å². The molecule has 0 aromatic heterocycles. The average Bonchev–Trinajstić information content (AvgIpc) is 3.16. The molecule has 2 N–H and O–H groups in total. The minimum atomic E-state index is -0.801. The molecular weight excluding hydrogens is 444 g/mol. The third-order valence-electron chi connectivity index (χ3n) is 7.27. The number of hydrogen-bond donors (Lipinski definition) is 2. The molecule has 0 unspecified atom stereocenters. The summed E-state index contributed by atoms with van der Waals surface area (Å²) in [5, 5.41) is 12.2. The zero-order valence-electron chi connectivity index (χ0n) is 20.4. The fraction of sp³-hybridized carbons (Fsp3) is 0.464. The normalized spacial score (nSPS) is 20.0. The second-order valence-electron chi connectivity index (χ2n) is 9.66. The molecule has 1 aliphatic heterocycles. The van der Waals surface area contributed by atoms with E-state index >= 15 is 0 Å². The summed E-state index contributed by atoms with van der Waals surface area (Å²) in [6, 6.07) is 15.9. The van der Waals surface area contributed by atoms with Crippen LogP contribution in [-0.4, -0.2) is 53.2 Å². The van der Waals surface area contributed by atoms with Crippen LogP contribution in [0.25, 0.3) is 11.1 Å². The molecular formula is C28H34N2O5. The van der Waals surface area contributed by atoms with Crippen LogP contribution in [-0.2, 0) is 14.3 Å². The van der Waals surface area contributed by atoms with Crippen LogP contribution in [0.2, 0.25) is 0 Å². The smallest absolute Gasteiger partial charge is 0.407 e. The van der Waals surface area contributed by atoms with E-state index in [0.29, 0.717) is 25.8 Å². The number of likely N-dealkylation sites (tertiary alicyclic amines) is 1. The van der Waals surface area contributed by atoms with Crippen LogP contribution in [0, 0.1) is 5.92 Å². The first-order valence-electron chi connectivity index (χ1n) is 12.5. The van der Waals surface area contributed by atoms with Crippen molar-refractivity contribution in [2.45, 2.75) is 64.0 Å². The van der Waals surface area contributed by atoms with E-state index in [1.165, 1.54) is 11.1 Å². The Bertz CT molecular complexity index is 1040. The minimum Gasteiger partial charge on any atom is -0.481 e. The van der Waals surface area contributed by atoms with Crippen molar-refractivity contribution in [2.24, 2.45) is 5.92 Å². The molecule has 3 atom stereocenters. The van der Waals surface area contributed by atoms with E-state index in [1.54, 1.807) is 4.90 Å². The minimum absolute atomic E-state index is 0.0178. The van der Waals surface area contributed by atoms with Crippen LogP contribution in [0.1, 0.15) is 63.0 Å². The lowest BCUT2D eigenvalue weighted by atomic mass is 9.91. The molecule has 0 bridgehead atoms. The molecule has 4 rings (SSSR count). The highest BCUT2D eigenvalue weighted by Crippen LogP contribution is 2.44. The maximum atomic E-state index is 13.0. The largest absolute Gasteiger partial charge is 0.481 e. The van der Waals surface area contributed by atoms with E-state index in [0.717, 1.165) is 17.5 Å². The summed E-state index contributed by atoms with van der Waals surface area (Å²) in [7, 11) is 0. The Morgan fingerprint density at radius 1 is 1.09 bits per heavy atom. The number of alkyl carbamates (subject to hydrolysis) is 1. The predicted molar refractivity (Wildman–Crippen MR) is 133 cm³/mol. The van der Waals surface area contributed by atoms with Gasteiger partial charge in [0, 0.05) is 31.0 Å². The standard InChI is InChI=1S/C28H34N2O5/c1-3-8-20(16-26(31)30-14-13-19(27(32)33)15-18(30)2)29-28(34)35-17-25-23-11-6-4-9-21(23)22-10-5-7-12-24(22)25/h4-7,9-12,18-20,25H,3,8,13-17H2,1-2H3,(H,29,34)(H,32,33)/t18-,19-,20-/m1/s1. The van der Waals surface area contributed by atoms with Crippen molar-refractivity contribution in [3.63, 3.8) is 0 Å². The van der Waals surface area contributed by atoms with Crippen molar-refractivity contribution >= 4 is 18.0 Å². The van der Waals surface area contributed by atoms with Gasteiger partial charge in [-0.2, -0.15) is 0 Å². The number of nitrogens with zero attached hydrogens (tertiary/aromatic N) is 1. The molecule has 1 aliphatic carbocycles. The molecule has 35 heavy (non-hydrogen) atoms. The quantitative estimate of drug-likeness (QED) is 0.568. The average molecular weight is 479 g/mol. The number of ether oxygens (including phenoxy) is 1. The number of amides is 2. The highest BCUT2D eigenvalue weighted by Gasteiger charge is 2.33. The van der Waals surface area contributed by atoms with Gasteiger partial charge in [0.25, 0.3) is 0 Å². The summed E-state index contributed by atoms with van der Waals surface area (Å²) in [5.74, 6) is -1.28. The fourth-order valence-electron chi connectivity index (χ4n) is 5.48. The molecule has 0 saturated carbocycles. The number of aliphatic carboxylic acids is 1. The van der Waals surface area contributed by atoms with Crippen LogP contribution < -0.4 is 5.32 Å². The van der Waals surface area contributed by atoms with E-state index in [1.807, 2.05) is 38.1 Å². The molecule has 7 nitrogen and oxygen atoms in total. The van der Waals surface area contributed by atoms with E-state index in [2.05, 4.69) is 29.6 Å². The van der Waals surface area contributed by atoms with Gasteiger partial charge in [-0.25, -0.2) is 4.79 Å². The Hall–Kier alpha value is -3.35. The van der Waals surface area contributed by atoms with Crippen LogP contribution in [0.4, 0.5) is 4.79 Å². The van der Waals surface area contributed by atoms with Crippen molar-refractivity contribution < 1.29 is 24.2 Å². The summed E-state index contributed by atoms with van der Waals surface area (Å²) < 4.78 is 5.66. The number of fused-ring (bicyclic) bond motifs is 3. The first-order chi connectivity index (χ1) is 16.9. The Kier molecular flexibility index (Phi) is 7.73. The summed E-state index contributed by atoms with van der Waals surface area (Å²) in [6.07, 6.45) is 2.06. The van der Waals surface area contributed by atoms with Crippen LogP contribution in [0.3, 0.4) is 0 Å². The summed E-state index contributed by atoms with van der Waals surface area (Å²) in [6.45, 7) is 4.56. The number of carboxylic acid groups (broad SMARTS) is 1. The fourth-order valence-corrected chi connectivity index (χ4v) is 5.48. The SMILES string of the molecule is CCC[C@H](CC(=O)N1CC[C@@H](C(=O)O)C[C@H]1C)NC(=O)OCC1c2ccccc2-c2ccccc21. The maximum absolute atomic E-state index is 13.0. The van der Waals surface area contributed by atoms with Gasteiger partial charge in [0.15, 0.2) is 0 Å². The molecule has 1 saturated heterocycles. The zero-order valence-corrected chi connectivity index (χ0v) is 20.4. The zero-order chi connectivity index (χ0) is 24.9. The van der Waals surface area contributed by atoms with Crippen molar-refractivity contribution in [3.8, 4) is 11.1 Å². The topological polar surface area (TPSA) is 95.9 Å². The molecule has 2 amide bonds. The van der Waals surface area contributed by atoms with Crippen molar-refractivity contribution in [1.82, 2.24) is 10.2 Å². The first kappa shape index (κ1) is 24.8. The van der Waals surface area contributed by atoms with Crippen LogP contribution >= 0.6 is 0 Å². The lowest BCUT2D eigenvalue weighted by Gasteiger charge is -2.37. The molecule has 1 fully saturated rings. The summed E-state index contributed by atoms with van der Waals surface area (Å²) >= 11 is 0. The number of carboxylic acids is 1. The highest BCUT2D eigenvalue weighted by atomic mass is 16.5. The summed E-state index contributed by atoms with van der Waals surface area (Å²) in [5.41, 5.74) is 4.65. The predicted octanol–water partition coefficient (Wildman–Crippen LogP) is 4.80. The molecule has 0 spiro atoms. The molecule has 0 radical (unpaired) electrons. The second-order valence-corrected chi connectivity index (χ2v) is 9.66. The van der Waals surface area contributed by atoms with Gasteiger partial charge in [-0.15, -0.1) is 0 Å². The number of carbonyl (C=O) groups is 3. The van der Waals surface area contributed by atoms with Gasteiger partial charge in [-0.3, -0.25) is 9.59 Å². The van der Waals surface area contributed by atoms with Crippen molar-refractivity contribution in [1.29, 1.82) is 0 Å². The number of benzene rings is 2. The molecule has 7 heteroatoms. The van der Waals surface area contributed by atoms with Gasteiger partial charge in [0.1, 0.15) is 6.61 Å². The number of hydrogen-bond acceptors (Lipinski definition) is 4. The number of rotatable bonds is 8. The van der Waals surface area contributed by atoms with Gasteiger partial charge in [0.2, 0.25) is 5.91 Å². The molecule has 2 aliphatic rings. The van der Waals surface area contributed by atoms with Gasteiger partial charge in [-0.05, 0) is 48.4 Å². The second kappa shape index (κ2) is 10.9. The monoisotopic (exact) mass is 478 g/mol. The van der Waals surface area contributed by atoms with Crippen LogP contribution in [0.15, 0.2) is 48.5 Å². The van der Waals surface area contributed by atoms with Gasteiger partial charge in [0.05, 0.1) is 5.92 Å².